The van der Waals surface area contributed by atoms with Gasteiger partial charge in [0.2, 0.25) is 0 Å². The first kappa shape index (κ1) is 6.71. The van der Waals surface area contributed by atoms with Crippen molar-refractivity contribution in [3.05, 3.63) is 36.2 Å². The molecule has 2 heterocycles. The molecule has 3 heteroatoms. The first-order valence-corrected chi connectivity index (χ1v) is 4.30. The van der Waals surface area contributed by atoms with E-state index < -0.39 is 0 Å². The van der Waals surface area contributed by atoms with Gasteiger partial charge in [0.05, 0.1) is 18.4 Å². The lowest BCUT2D eigenvalue weighted by Gasteiger charge is -2.16. The van der Waals surface area contributed by atoms with Gasteiger partial charge in [-0.3, -0.25) is 5.10 Å². The minimum Gasteiger partial charge on any atom is -0.379 e. The molecule has 1 aromatic carbocycles. The van der Waals surface area contributed by atoms with E-state index in [0.717, 1.165) is 6.54 Å². The van der Waals surface area contributed by atoms with E-state index in [0.29, 0.717) is 0 Å². The highest BCUT2D eigenvalue weighted by Gasteiger charge is 2.15. The number of hydrogen-bond acceptors (Lipinski definition) is 2. The van der Waals surface area contributed by atoms with Gasteiger partial charge in [-0.25, -0.2) is 0 Å². The number of aromatic amines is 1. The molecule has 0 radical (unpaired) electrons. The molecule has 1 aliphatic heterocycles. The number of para-hydroxylation sites is 1. The third kappa shape index (κ3) is 0.869. The van der Waals surface area contributed by atoms with Crippen LogP contribution in [0.15, 0.2) is 30.5 Å². The summed E-state index contributed by atoms with van der Waals surface area (Å²) < 4.78 is 0. The topological polar surface area (TPSA) is 40.7 Å². The first-order valence-electron chi connectivity index (χ1n) is 4.30. The molecular weight excluding hydrogens is 162 g/mol. The molecule has 3 nitrogen and oxygen atoms in total. The molecule has 0 amide bonds. The van der Waals surface area contributed by atoms with Gasteiger partial charge in [-0.1, -0.05) is 18.2 Å². The fraction of sp³-hybridized carbons (Fsp3) is 0.100. The van der Waals surface area contributed by atoms with Gasteiger partial charge < -0.3 is 5.32 Å². The van der Waals surface area contributed by atoms with Gasteiger partial charge in [0.15, 0.2) is 0 Å². The van der Waals surface area contributed by atoms with Crippen LogP contribution in [0.5, 0.6) is 0 Å². The Balaban J connectivity index is 2.30. The molecule has 0 saturated carbocycles. The average molecular weight is 171 g/mol. The maximum Gasteiger partial charge on any atom is 0.0622 e. The molecule has 0 atom stereocenters. The summed E-state index contributed by atoms with van der Waals surface area (Å²) in [5.74, 6) is 0. The normalized spacial score (nSPS) is 12.9. The summed E-state index contributed by atoms with van der Waals surface area (Å²) in [5, 5.41) is 10.4. The Hall–Kier alpha value is -1.77. The summed E-state index contributed by atoms with van der Waals surface area (Å²) in [5.41, 5.74) is 4.81. The van der Waals surface area contributed by atoms with Gasteiger partial charge in [0.1, 0.15) is 0 Å². The Morgan fingerprint density at radius 2 is 2.08 bits per heavy atom. The van der Waals surface area contributed by atoms with Crippen LogP contribution in [0.25, 0.3) is 11.1 Å². The van der Waals surface area contributed by atoms with E-state index in [1.54, 1.807) is 0 Å². The molecule has 0 unspecified atom stereocenters. The molecular formula is C10H9N3. The Morgan fingerprint density at radius 3 is 3.08 bits per heavy atom. The molecule has 64 valence electrons. The monoisotopic (exact) mass is 171 g/mol. The lowest BCUT2D eigenvalue weighted by atomic mass is 10.0. The van der Waals surface area contributed by atoms with Crippen molar-refractivity contribution in [1.29, 1.82) is 0 Å². The molecule has 2 aromatic rings. The second kappa shape index (κ2) is 2.36. The number of hydrogen-bond donors (Lipinski definition) is 2. The van der Waals surface area contributed by atoms with Crippen molar-refractivity contribution in [2.45, 2.75) is 6.54 Å². The zero-order chi connectivity index (χ0) is 8.67. The van der Waals surface area contributed by atoms with Crippen molar-refractivity contribution < 1.29 is 0 Å². The van der Waals surface area contributed by atoms with Gasteiger partial charge in [-0.15, -0.1) is 0 Å². The second-order valence-corrected chi connectivity index (χ2v) is 3.16. The smallest absolute Gasteiger partial charge is 0.0622 e. The SMILES string of the molecule is c1ccc2c(c1)NCc1[nH]ncc1-2. The zero-order valence-corrected chi connectivity index (χ0v) is 7.04. The number of nitrogens with one attached hydrogen (secondary N) is 2. The van der Waals surface area contributed by atoms with Gasteiger partial charge in [0, 0.05) is 16.8 Å². The summed E-state index contributed by atoms with van der Waals surface area (Å²) in [4.78, 5) is 0. The second-order valence-electron chi connectivity index (χ2n) is 3.16. The highest BCUT2D eigenvalue weighted by molar-refractivity contribution is 5.81. The Morgan fingerprint density at radius 1 is 1.15 bits per heavy atom. The largest absolute Gasteiger partial charge is 0.379 e. The molecule has 0 bridgehead atoms. The van der Waals surface area contributed by atoms with Crippen LogP contribution in [0.1, 0.15) is 5.69 Å². The first-order chi connectivity index (χ1) is 6.45. The lowest BCUT2D eigenvalue weighted by Crippen LogP contribution is -2.07. The van der Waals surface area contributed by atoms with Crippen LogP contribution in [0.2, 0.25) is 0 Å². The fourth-order valence-corrected chi connectivity index (χ4v) is 1.74. The van der Waals surface area contributed by atoms with E-state index in [9.17, 15) is 0 Å². The number of benzene rings is 1. The van der Waals surface area contributed by atoms with Crippen LogP contribution < -0.4 is 5.32 Å². The van der Waals surface area contributed by atoms with Crippen molar-refractivity contribution in [2.24, 2.45) is 0 Å². The van der Waals surface area contributed by atoms with Crippen molar-refractivity contribution in [3.8, 4) is 11.1 Å². The summed E-state index contributed by atoms with van der Waals surface area (Å²) >= 11 is 0. The summed E-state index contributed by atoms with van der Waals surface area (Å²) in [6.45, 7) is 0.840. The highest BCUT2D eigenvalue weighted by atomic mass is 15.1. The van der Waals surface area contributed by atoms with Crippen molar-refractivity contribution in [2.75, 3.05) is 5.32 Å². The Labute approximate surface area is 75.8 Å². The third-order valence-electron chi connectivity index (χ3n) is 2.39. The van der Waals surface area contributed by atoms with Crippen LogP contribution >= 0.6 is 0 Å². The number of nitrogens with zero attached hydrogens (tertiary/aromatic N) is 1. The molecule has 3 rings (SSSR count). The summed E-state index contributed by atoms with van der Waals surface area (Å²) in [6, 6.07) is 8.28. The van der Waals surface area contributed by atoms with Crippen LogP contribution in [-0.4, -0.2) is 10.2 Å². The van der Waals surface area contributed by atoms with Crippen molar-refractivity contribution in [1.82, 2.24) is 10.2 Å². The molecule has 0 aliphatic carbocycles. The molecule has 13 heavy (non-hydrogen) atoms. The summed E-state index contributed by atoms with van der Waals surface area (Å²) in [6.07, 6.45) is 1.88. The van der Waals surface area contributed by atoms with Crippen LogP contribution in [-0.2, 0) is 6.54 Å². The number of anilines is 1. The number of rotatable bonds is 0. The highest BCUT2D eigenvalue weighted by Crippen LogP contribution is 2.33. The van der Waals surface area contributed by atoms with Gasteiger partial charge in [0.25, 0.3) is 0 Å². The molecule has 0 fully saturated rings. The van der Waals surface area contributed by atoms with Crippen LogP contribution in [0.3, 0.4) is 0 Å². The van der Waals surface area contributed by atoms with Gasteiger partial charge in [-0.05, 0) is 6.07 Å². The lowest BCUT2D eigenvalue weighted by molar-refractivity contribution is 0.977. The maximum atomic E-state index is 4.04. The molecule has 1 aromatic heterocycles. The fourth-order valence-electron chi connectivity index (χ4n) is 1.74. The number of aromatic nitrogens is 2. The standard InChI is InChI=1S/C10H9N3/c1-2-4-9-7(3-1)8-5-12-13-10(8)6-11-9/h1-5,11H,6H2,(H,12,13). The van der Waals surface area contributed by atoms with E-state index in [4.69, 9.17) is 0 Å². The quantitative estimate of drug-likeness (QED) is 0.636. The molecule has 0 spiro atoms. The predicted octanol–water partition coefficient (Wildman–Crippen LogP) is 2.00. The Bertz CT molecular complexity index is 445. The Kier molecular flexibility index (Phi) is 1.22. The zero-order valence-electron chi connectivity index (χ0n) is 7.04. The average Bonchev–Trinajstić information content (AvgIpc) is 2.65. The third-order valence-corrected chi connectivity index (χ3v) is 2.39. The van der Waals surface area contributed by atoms with E-state index in [2.05, 4.69) is 27.6 Å². The van der Waals surface area contributed by atoms with E-state index >= 15 is 0 Å². The summed E-state index contributed by atoms with van der Waals surface area (Å²) in [7, 11) is 0. The van der Waals surface area contributed by atoms with Gasteiger partial charge in [-0.2, -0.15) is 5.10 Å². The van der Waals surface area contributed by atoms with Crippen molar-refractivity contribution in [3.63, 3.8) is 0 Å². The molecule has 0 saturated heterocycles. The van der Waals surface area contributed by atoms with Gasteiger partial charge >= 0.3 is 0 Å². The van der Waals surface area contributed by atoms with Crippen LogP contribution in [0, 0.1) is 0 Å². The van der Waals surface area contributed by atoms with E-state index in [-0.39, 0.29) is 0 Å². The number of fused-ring (bicyclic) bond motifs is 3. The van der Waals surface area contributed by atoms with Crippen LogP contribution in [0.4, 0.5) is 5.69 Å². The molecule has 1 aliphatic rings. The van der Waals surface area contributed by atoms with E-state index in [1.807, 2.05) is 18.3 Å². The van der Waals surface area contributed by atoms with E-state index in [1.165, 1.54) is 22.5 Å². The number of H-pyrrole nitrogens is 1. The van der Waals surface area contributed by atoms with Crippen molar-refractivity contribution >= 4 is 5.69 Å². The predicted molar refractivity (Wildman–Crippen MR) is 51.4 cm³/mol. The maximum absolute atomic E-state index is 4.04. The molecule has 2 N–H and O–H groups in total. The minimum atomic E-state index is 0.840. The minimum absolute atomic E-state index is 0.840.